The van der Waals surface area contributed by atoms with Crippen molar-refractivity contribution in [3.8, 4) is 0 Å². The van der Waals surface area contributed by atoms with Gasteiger partial charge in [0.1, 0.15) is 0 Å². The molecule has 0 aliphatic rings. The number of hydrogen-bond acceptors (Lipinski definition) is 4. The Kier molecular flexibility index (Phi) is 3.51. The van der Waals surface area contributed by atoms with Crippen LogP contribution >= 0.6 is 12.6 Å². The Hall–Kier alpha value is -1.04. The van der Waals surface area contributed by atoms with Gasteiger partial charge in [-0.3, -0.25) is 0 Å². The van der Waals surface area contributed by atoms with E-state index in [1.165, 1.54) is 0 Å². The van der Waals surface area contributed by atoms with Gasteiger partial charge in [-0.1, -0.05) is 6.92 Å². The first kappa shape index (κ1) is 11.0. The minimum absolute atomic E-state index is 0.0589. The number of aryl methyl sites for hydroxylation is 1. The standard InChI is InChI=1S/C8H13N3O2S/c1-6(5-14)3-10-4-7(2)8(9-10)11(12)13/h4,6,14H,3,5H2,1-2H3. The van der Waals surface area contributed by atoms with Crippen LogP contribution in [0.1, 0.15) is 12.5 Å². The summed E-state index contributed by atoms with van der Waals surface area (Å²) >= 11 is 4.14. The molecule has 0 spiro atoms. The third kappa shape index (κ3) is 2.47. The molecule has 6 heteroatoms. The van der Waals surface area contributed by atoms with Crippen LogP contribution in [-0.4, -0.2) is 20.5 Å². The van der Waals surface area contributed by atoms with Crippen LogP contribution in [0.15, 0.2) is 6.20 Å². The van der Waals surface area contributed by atoms with Crippen molar-refractivity contribution in [1.82, 2.24) is 9.78 Å². The zero-order chi connectivity index (χ0) is 10.7. The van der Waals surface area contributed by atoms with Gasteiger partial charge in [0.2, 0.25) is 0 Å². The normalized spacial score (nSPS) is 12.8. The molecule has 0 aliphatic heterocycles. The average molecular weight is 215 g/mol. The van der Waals surface area contributed by atoms with Crippen LogP contribution in [0.5, 0.6) is 0 Å². The molecule has 1 unspecified atom stereocenters. The summed E-state index contributed by atoms with van der Waals surface area (Å²) < 4.78 is 1.61. The van der Waals surface area contributed by atoms with E-state index in [-0.39, 0.29) is 5.82 Å². The van der Waals surface area contributed by atoms with Gasteiger partial charge in [-0.05, 0) is 23.5 Å². The zero-order valence-electron chi connectivity index (χ0n) is 8.17. The van der Waals surface area contributed by atoms with Gasteiger partial charge in [-0.15, -0.1) is 0 Å². The van der Waals surface area contributed by atoms with Crippen molar-refractivity contribution < 1.29 is 4.92 Å². The summed E-state index contributed by atoms with van der Waals surface area (Å²) in [4.78, 5) is 10.0. The van der Waals surface area contributed by atoms with Gasteiger partial charge < -0.3 is 10.1 Å². The van der Waals surface area contributed by atoms with Crippen molar-refractivity contribution in [3.05, 3.63) is 21.9 Å². The van der Waals surface area contributed by atoms with Gasteiger partial charge in [0.15, 0.2) is 0 Å². The SMILES string of the molecule is Cc1cn(CC(C)CS)nc1[N+](=O)[O-]. The zero-order valence-corrected chi connectivity index (χ0v) is 9.07. The van der Waals surface area contributed by atoms with Gasteiger partial charge in [-0.25, -0.2) is 0 Å². The molecule has 1 rings (SSSR count). The van der Waals surface area contributed by atoms with Crippen molar-refractivity contribution in [1.29, 1.82) is 0 Å². The Morgan fingerprint density at radius 3 is 2.86 bits per heavy atom. The van der Waals surface area contributed by atoms with Crippen molar-refractivity contribution in [2.75, 3.05) is 5.75 Å². The van der Waals surface area contributed by atoms with Crippen LogP contribution in [-0.2, 0) is 6.54 Å². The maximum Gasteiger partial charge on any atom is 0.392 e. The third-order valence-corrected chi connectivity index (χ3v) is 2.53. The maximum absolute atomic E-state index is 10.5. The molecule has 1 heterocycles. The molecular weight excluding hydrogens is 202 g/mol. The molecule has 0 radical (unpaired) electrons. The topological polar surface area (TPSA) is 61.0 Å². The second-order valence-electron chi connectivity index (χ2n) is 3.40. The highest BCUT2D eigenvalue weighted by molar-refractivity contribution is 7.80. The van der Waals surface area contributed by atoms with Crippen LogP contribution in [0.2, 0.25) is 0 Å². The number of nitro groups is 1. The molecule has 0 aliphatic carbocycles. The highest BCUT2D eigenvalue weighted by atomic mass is 32.1. The Labute approximate surface area is 87.7 Å². The van der Waals surface area contributed by atoms with E-state index in [1.54, 1.807) is 17.8 Å². The lowest BCUT2D eigenvalue weighted by atomic mass is 10.2. The van der Waals surface area contributed by atoms with Crippen molar-refractivity contribution in [2.24, 2.45) is 5.92 Å². The quantitative estimate of drug-likeness (QED) is 0.472. The lowest BCUT2D eigenvalue weighted by Crippen LogP contribution is -2.09. The smallest absolute Gasteiger partial charge is 0.358 e. The van der Waals surface area contributed by atoms with E-state index in [4.69, 9.17) is 0 Å². The first-order chi connectivity index (χ1) is 6.54. The van der Waals surface area contributed by atoms with E-state index in [0.29, 0.717) is 18.0 Å². The van der Waals surface area contributed by atoms with E-state index in [1.807, 2.05) is 6.92 Å². The highest BCUT2D eigenvalue weighted by Crippen LogP contribution is 2.14. The maximum atomic E-state index is 10.5. The molecule has 0 aromatic carbocycles. The van der Waals surface area contributed by atoms with Crippen molar-refractivity contribution in [2.45, 2.75) is 20.4 Å². The minimum atomic E-state index is -0.461. The van der Waals surface area contributed by atoms with Crippen LogP contribution in [0, 0.1) is 23.0 Å². The lowest BCUT2D eigenvalue weighted by molar-refractivity contribution is -0.390. The van der Waals surface area contributed by atoms with Crippen LogP contribution in [0.3, 0.4) is 0 Å². The second kappa shape index (κ2) is 4.45. The highest BCUT2D eigenvalue weighted by Gasteiger charge is 2.17. The van der Waals surface area contributed by atoms with Gasteiger partial charge in [0, 0.05) is 0 Å². The van der Waals surface area contributed by atoms with E-state index < -0.39 is 4.92 Å². The summed E-state index contributed by atoms with van der Waals surface area (Å²) in [6, 6.07) is 0. The predicted molar refractivity (Wildman–Crippen MR) is 56.6 cm³/mol. The Morgan fingerprint density at radius 2 is 2.43 bits per heavy atom. The molecule has 0 saturated carbocycles. The lowest BCUT2D eigenvalue weighted by Gasteiger charge is -2.03. The van der Waals surface area contributed by atoms with Crippen LogP contribution in [0.4, 0.5) is 5.82 Å². The molecule has 1 atom stereocenters. The number of thiol groups is 1. The van der Waals surface area contributed by atoms with Gasteiger partial charge in [0.25, 0.3) is 0 Å². The molecule has 78 valence electrons. The largest absolute Gasteiger partial charge is 0.392 e. The van der Waals surface area contributed by atoms with E-state index in [2.05, 4.69) is 17.7 Å². The first-order valence-electron chi connectivity index (χ1n) is 4.34. The van der Waals surface area contributed by atoms with Gasteiger partial charge >= 0.3 is 5.82 Å². The monoisotopic (exact) mass is 215 g/mol. The number of hydrogen-bond donors (Lipinski definition) is 1. The Bertz CT molecular complexity index is 337. The molecular formula is C8H13N3O2S. The van der Waals surface area contributed by atoms with Crippen molar-refractivity contribution in [3.63, 3.8) is 0 Å². The number of nitrogens with zero attached hydrogens (tertiary/aromatic N) is 3. The van der Waals surface area contributed by atoms with Gasteiger partial charge in [-0.2, -0.15) is 17.3 Å². The average Bonchev–Trinajstić information content (AvgIpc) is 2.46. The molecule has 0 amide bonds. The van der Waals surface area contributed by atoms with Gasteiger partial charge in [0.05, 0.1) is 23.4 Å². The summed E-state index contributed by atoms with van der Waals surface area (Å²) in [6.45, 7) is 4.38. The summed E-state index contributed by atoms with van der Waals surface area (Å²) in [5, 5.41) is 14.4. The summed E-state index contributed by atoms with van der Waals surface area (Å²) in [5.74, 6) is 1.04. The molecule has 0 fully saturated rings. The molecule has 14 heavy (non-hydrogen) atoms. The third-order valence-electron chi connectivity index (χ3n) is 1.90. The summed E-state index contributed by atoms with van der Waals surface area (Å²) in [7, 11) is 0. The van der Waals surface area contributed by atoms with Crippen LogP contribution in [0.25, 0.3) is 0 Å². The van der Waals surface area contributed by atoms with E-state index in [9.17, 15) is 10.1 Å². The first-order valence-corrected chi connectivity index (χ1v) is 4.97. The number of aromatic nitrogens is 2. The fourth-order valence-corrected chi connectivity index (χ4v) is 1.28. The Balaban J connectivity index is 2.81. The molecule has 0 bridgehead atoms. The fraction of sp³-hybridized carbons (Fsp3) is 0.625. The van der Waals surface area contributed by atoms with E-state index in [0.717, 1.165) is 5.75 Å². The number of rotatable bonds is 4. The molecule has 0 saturated heterocycles. The fourth-order valence-electron chi connectivity index (χ4n) is 1.16. The Morgan fingerprint density at radius 1 is 1.79 bits per heavy atom. The molecule has 0 N–H and O–H groups in total. The van der Waals surface area contributed by atoms with Crippen LogP contribution < -0.4 is 0 Å². The van der Waals surface area contributed by atoms with E-state index >= 15 is 0 Å². The summed E-state index contributed by atoms with van der Waals surface area (Å²) in [6.07, 6.45) is 1.69. The predicted octanol–water partition coefficient (Wildman–Crippen LogP) is 1.67. The summed E-state index contributed by atoms with van der Waals surface area (Å²) in [5.41, 5.74) is 0.598. The minimum Gasteiger partial charge on any atom is -0.358 e. The molecule has 1 aromatic rings. The van der Waals surface area contributed by atoms with Crippen molar-refractivity contribution >= 4 is 18.4 Å². The second-order valence-corrected chi connectivity index (χ2v) is 3.77. The molecule has 5 nitrogen and oxygen atoms in total. The molecule has 1 aromatic heterocycles.